The number of hydrogen-bond acceptors (Lipinski definition) is 5. The monoisotopic (exact) mass is 336 g/mol. The molecule has 1 aliphatic rings. The predicted molar refractivity (Wildman–Crippen MR) is 92.4 cm³/mol. The maximum Gasteiger partial charge on any atom is 0.258 e. The molecule has 128 valence electrons. The van der Waals surface area contributed by atoms with Gasteiger partial charge in [-0.2, -0.15) is 4.98 Å². The van der Waals surface area contributed by atoms with E-state index in [4.69, 9.17) is 9.26 Å². The van der Waals surface area contributed by atoms with Crippen LogP contribution in [0.15, 0.2) is 59.1 Å². The number of rotatable bonds is 5. The Labute approximate surface area is 146 Å². The van der Waals surface area contributed by atoms with Crippen molar-refractivity contribution in [2.45, 2.75) is 30.8 Å². The van der Waals surface area contributed by atoms with Crippen LogP contribution in [0.5, 0.6) is 5.75 Å². The number of ether oxygens (including phenoxy) is 1. The molecule has 25 heavy (non-hydrogen) atoms. The van der Waals surface area contributed by atoms with E-state index in [1.54, 1.807) is 7.11 Å². The molecule has 0 atom stereocenters. The summed E-state index contributed by atoms with van der Waals surface area (Å²) in [5.41, 5.74) is 1.30. The van der Waals surface area contributed by atoms with Gasteiger partial charge in [-0.05, 0) is 42.0 Å². The molecule has 1 fully saturated rings. The Morgan fingerprint density at radius 2 is 1.84 bits per heavy atom. The highest BCUT2D eigenvalue weighted by Gasteiger charge is 2.48. The van der Waals surface area contributed by atoms with Crippen LogP contribution in [0.3, 0.4) is 0 Å². The largest absolute Gasteiger partial charge is 0.497 e. The number of aliphatic hydroxyl groups is 1. The number of aromatic nitrogens is 2. The third-order valence-corrected chi connectivity index (χ3v) is 4.83. The molecule has 5 nitrogen and oxygen atoms in total. The number of benzene rings is 2. The molecule has 2 aromatic carbocycles. The van der Waals surface area contributed by atoms with E-state index < -0.39 is 5.60 Å². The number of hydrogen-bond donors (Lipinski definition) is 1. The summed E-state index contributed by atoms with van der Waals surface area (Å²) in [5, 5.41) is 14.8. The molecule has 1 aromatic heterocycles. The van der Waals surface area contributed by atoms with Crippen molar-refractivity contribution < 1.29 is 14.4 Å². The summed E-state index contributed by atoms with van der Waals surface area (Å²) in [5.74, 6) is 2.05. The average molecular weight is 336 g/mol. The summed E-state index contributed by atoms with van der Waals surface area (Å²) in [4.78, 5) is 4.41. The fraction of sp³-hybridized carbons (Fsp3) is 0.300. The van der Waals surface area contributed by atoms with E-state index in [-0.39, 0.29) is 0 Å². The second kappa shape index (κ2) is 6.33. The van der Waals surface area contributed by atoms with E-state index >= 15 is 0 Å². The van der Waals surface area contributed by atoms with Crippen LogP contribution < -0.4 is 4.74 Å². The Kier molecular flexibility index (Phi) is 4.01. The van der Waals surface area contributed by atoms with Gasteiger partial charge in [0.15, 0.2) is 5.82 Å². The van der Waals surface area contributed by atoms with Gasteiger partial charge in [0.2, 0.25) is 0 Å². The third kappa shape index (κ3) is 3.15. The molecular weight excluding hydrogens is 316 g/mol. The molecule has 3 aromatic rings. The minimum absolute atomic E-state index is 0.322. The van der Waals surface area contributed by atoms with Crippen molar-refractivity contribution in [1.82, 2.24) is 10.1 Å². The van der Waals surface area contributed by atoms with E-state index in [0.717, 1.165) is 11.3 Å². The molecule has 4 rings (SSSR count). The van der Waals surface area contributed by atoms with Gasteiger partial charge in [0.1, 0.15) is 11.4 Å². The lowest BCUT2D eigenvalue weighted by molar-refractivity contribution is -0.0792. The topological polar surface area (TPSA) is 68.4 Å². The normalized spacial score (nSPS) is 22.4. The van der Waals surface area contributed by atoms with Crippen molar-refractivity contribution in [3.63, 3.8) is 0 Å². The van der Waals surface area contributed by atoms with Gasteiger partial charge in [-0.3, -0.25) is 0 Å². The van der Waals surface area contributed by atoms with Crippen LogP contribution >= 0.6 is 0 Å². The second-order valence-corrected chi connectivity index (χ2v) is 6.59. The predicted octanol–water partition coefficient (Wildman–Crippen LogP) is 3.43. The highest BCUT2D eigenvalue weighted by Crippen LogP contribution is 2.50. The van der Waals surface area contributed by atoms with Crippen molar-refractivity contribution in [2.75, 3.05) is 7.11 Å². The number of nitrogens with zero attached hydrogens (tertiary/aromatic N) is 2. The van der Waals surface area contributed by atoms with Gasteiger partial charge in [0.05, 0.1) is 7.11 Å². The fourth-order valence-corrected chi connectivity index (χ4v) is 3.33. The second-order valence-electron chi connectivity index (χ2n) is 6.59. The zero-order valence-corrected chi connectivity index (χ0v) is 14.1. The average Bonchev–Trinajstić information content (AvgIpc) is 3.09. The molecule has 5 heteroatoms. The van der Waals surface area contributed by atoms with Gasteiger partial charge in [-0.1, -0.05) is 47.6 Å². The van der Waals surface area contributed by atoms with Gasteiger partial charge in [-0.15, -0.1) is 0 Å². The van der Waals surface area contributed by atoms with E-state index in [1.807, 2.05) is 42.5 Å². The lowest BCUT2D eigenvalue weighted by Crippen LogP contribution is -2.40. The Morgan fingerprint density at radius 1 is 1.12 bits per heavy atom. The highest BCUT2D eigenvalue weighted by molar-refractivity contribution is 5.29. The molecule has 0 saturated heterocycles. The van der Waals surface area contributed by atoms with E-state index in [9.17, 15) is 5.11 Å². The van der Waals surface area contributed by atoms with Gasteiger partial charge in [-0.25, -0.2) is 0 Å². The van der Waals surface area contributed by atoms with Crippen molar-refractivity contribution in [2.24, 2.45) is 0 Å². The standard InChI is InChI=1S/C20H20N2O3/c1-24-17-9-7-14(8-10-17)11-18-21-19(25-22-18)20(23)12-16(13-20)15-5-3-2-4-6-15/h2-10,16,23H,11-13H2,1H3. The van der Waals surface area contributed by atoms with Crippen LogP contribution in [0.1, 0.15) is 41.6 Å². The van der Waals surface area contributed by atoms with E-state index in [2.05, 4.69) is 22.3 Å². The van der Waals surface area contributed by atoms with Crippen molar-refractivity contribution in [1.29, 1.82) is 0 Å². The minimum Gasteiger partial charge on any atom is -0.497 e. The lowest BCUT2D eigenvalue weighted by Gasteiger charge is -2.41. The molecule has 1 saturated carbocycles. The van der Waals surface area contributed by atoms with Gasteiger partial charge < -0.3 is 14.4 Å². The Balaban J connectivity index is 1.42. The zero-order valence-electron chi connectivity index (χ0n) is 14.1. The van der Waals surface area contributed by atoms with Crippen LogP contribution in [-0.4, -0.2) is 22.4 Å². The van der Waals surface area contributed by atoms with E-state index in [1.165, 1.54) is 5.56 Å². The van der Waals surface area contributed by atoms with Crippen LogP contribution in [-0.2, 0) is 12.0 Å². The quantitative estimate of drug-likeness (QED) is 0.773. The Bertz CT molecular complexity index is 837. The molecule has 0 bridgehead atoms. The first-order chi connectivity index (χ1) is 12.2. The molecule has 0 unspecified atom stereocenters. The summed E-state index contributed by atoms with van der Waals surface area (Å²) in [6.07, 6.45) is 1.79. The van der Waals surface area contributed by atoms with Gasteiger partial charge in [0, 0.05) is 6.42 Å². The maximum atomic E-state index is 10.7. The summed E-state index contributed by atoms with van der Waals surface area (Å²) in [6.45, 7) is 0. The van der Waals surface area contributed by atoms with Gasteiger partial charge in [0.25, 0.3) is 5.89 Å². The first kappa shape index (κ1) is 15.8. The minimum atomic E-state index is -1.01. The zero-order chi connectivity index (χ0) is 17.3. The first-order valence-corrected chi connectivity index (χ1v) is 8.39. The maximum absolute atomic E-state index is 10.7. The fourth-order valence-electron chi connectivity index (χ4n) is 3.33. The van der Waals surface area contributed by atoms with Crippen molar-refractivity contribution in [3.8, 4) is 5.75 Å². The summed E-state index contributed by atoms with van der Waals surface area (Å²) < 4.78 is 10.5. The highest BCUT2D eigenvalue weighted by atomic mass is 16.5. The molecule has 1 N–H and O–H groups in total. The van der Waals surface area contributed by atoms with E-state index in [0.29, 0.717) is 36.9 Å². The lowest BCUT2D eigenvalue weighted by atomic mass is 9.68. The molecule has 0 amide bonds. The summed E-state index contributed by atoms with van der Waals surface area (Å²) >= 11 is 0. The molecule has 0 radical (unpaired) electrons. The van der Waals surface area contributed by atoms with Crippen molar-refractivity contribution in [3.05, 3.63) is 77.4 Å². The molecule has 0 spiro atoms. The Morgan fingerprint density at radius 3 is 2.52 bits per heavy atom. The third-order valence-electron chi connectivity index (χ3n) is 4.83. The van der Waals surface area contributed by atoms with Crippen LogP contribution in [0.4, 0.5) is 0 Å². The number of methoxy groups -OCH3 is 1. The van der Waals surface area contributed by atoms with Crippen LogP contribution in [0.25, 0.3) is 0 Å². The van der Waals surface area contributed by atoms with Crippen LogP contribution in [0, 0.1) is 0 Å². The molecular formula is C20H20N2O3. The van der Waals surface area contributed by atoms with Gasteiger partial charge >= 0.3 is 0 Å². The smallest absolute Gasteiger partial charge is 0.258 e. The van der Waals surface area contributed by atoms with Crippen LogP contribution in [0.2, 0.25) is 0 Å². The van der Waals surface area contributed by atoms with Crippen molar-refractivity contribution >= 4 is 0 Å². The Hall–Kier alpha value is -2.66. The summed E-state index contributed by atoms with van der Waals surface area (Å²) in [7, 11) is 1.64. The summed E-state index contributed by atoms with van der Waals surface area (Å²) in [6, 6.07) is 18.0. The molecule has 0 aliphatic heterocycles. The SMILES string of the molecule is COc1ccc(Cc2noc(C3(O)CC(c4ccccc4)C3)n2)cc1. The molecule has 1 aliphatic carbocycles. The first-order valence-electron chi connectivity index (χ1n) is 8.39. The molecule has 1 heterocycles.